The first kappa shape index (κ1) is 18.7. The molecule has 1 fully saturated rings. The van der Waals surface area contributed by atoms with E-state index in [2.05, 4.69) is 30.1 Å². The lowest BCUT2D eigenvalue weighted by atomic mass is 10.0. The second-order valence-electron chi connectivity index (χ2n) is 7.04. The fourth-order valence-corrected chi connectivity index (χ4v) is 3.72. The van der Waals surface area contributed by atoms with Crippen LogP contribution in [0.25, 0.3) is 0 Å². The number of benzene rings is 2. The lowest BCUT2D eigenvalue weighted by Crippen LogP contribution is -2.26. The second-order valence-corrected chi connectivity index (χ2v) is 7.04. The number of rotatable bonds is 8. The van der Waals surface area contributed by atoms with Gasteiger partial charge >= 0.3 is 0 Å². The second kappa shape index (κ2) is 9.06. The molecule has 1 N–H and O–H groups in total. The quantitative estimate of drug-likeness (QED) is 0.789. The van der Waals surface area contributed by atoms with Gasteiger partial charge in [-0.25, -0.2) is 0 Å². The van der Waals surface area contributed by atoms with E-state index in [1.165, 1.54) is 11.1 Å². The summed E-state index contributed by atoms with van der Waals surface area (Å²) in [5.41, 5.74) is 2.43. The van der Waals surface area contributed by atoms with Crippen LogP contribution in [0, 0.1) is 0 Å². The number of β-amino-alcohol motifs (C(OH)–C–C–N with tert-alkyl or cyclic N) is 1. The van der Waals surface area contributed by atoms with Crippen LogP contribution in [0.2, 0.25) is 0 Å². The van der Waals surface area contributed by atoms with Gasteiger partial charge in [0.15, 0.2) is 0 Å². The highest BCUT2D eigenvalue weighted by Gasteiger charge is 2.27. The van der Waals surface area contributed by atoms with E-state index in [4.69, 9.17) is 9.47 Å². The van der Waals surface area contributed by atoms with Crippen LogP contribution in [0.5, 0.6) is 11.5 Å². The molecule has 26 heavy (non-hydrogen) atoms. The zero-order chi connectivity index (χ0) is 18.4. The number of hydrogen-bond donors (Lipinski definition) is 1. The normalized spacial score (nSPS) is 20.3. The van der Waals surface area contributed by atoms with Gasteiger partial charge in [-0.1, -0.05) is 36.4 Å². The molecule has 1 saturated heterocycles. The van der Waals surface area contributed by atoms with E-state index in [1.807, 2.05) is 30.3 Å². The zero-order valence-corrected chi connectivity index (χ0v) is 15.7. The van der Waals surface area contributed by atoms with Crippen molar-refractivity contribution in [3.63, 3.8) is 0 Å². The molecule has 2 aromatic carbocycles. The van der Waals surface area contributed by atoms with E-state index < -0.39 is 0 Å². The van der Waals surface area contributed by atoms with Gasteiger partial charge in [0, 0.05) is 12.6 Å². The van der Waals surface area contributed by atoms with E-state index in [0.29, 0.717) is 12.6 Å². The lowest BCUT2D eigenvalue weighted by Gasteiger charge is -2.19. The van der Waals surface area contributed by atoms with Crippen molar-refractivity contribution >= 4 is 0 Å². The van der Waals surface area contributed by atoms with Crippen molar-refractivity contribution in [2.75, 3.05) is 27.3 Å². The molecule has 0 spiro atoms. The number of likely N-dealkylation sites (tertiary alicyclic amines) is 1. The molecule has 0 unspecified atom stereocenters. The molecule has 0 aromatic heterocycles. The van der Waals surface area contributed by atoms with E-state index in [1.54, 1.807) is 7.11 Å². The Hall–Kier alpha value is -2.04. The van der Waals surface area contributed by atoms with E-state index in [0.717, 1.165) is 43.7 Å². The first-order valence-electron chi connectivity index (χ1n) is 9.38. The fraction of sp³-hybridized carbons (Fsp3) is 0.455. The Morgan fingerprint density at radius 1 is 1.00 bits per heavy atom. The topological polar surface area (TPSA) is 41.9 Å². The number of nitrogens with zero attached hydrogens (tertiary/aromatic N) is 1. The lowest BCUT2D eigenvalue weighted by molar-refractivity contribution is 0.182. The van der Waals surface area contributed by atoms with Gasteiger partial charge in [0.2, 0.25) is 0 Å². The van der Waals surface area contributed by atoms with Gasteiger partial charge in [-0.05, 0) is 56.0 Å². The Morgan fingerprint density at radius 3 is 2.23 bits per heavy atom. The molecule has 0 saturated carbocycles. The summed E-state index contributed by atoms with van der Waals surface area (Å²) < 4.78 is 11.5. The molecule has 4 nitrogen and oxygen atoms in total. The highest BCUT2D eigenvalue weighted by atomic mass is 16.5. The van der Waals surface area contributed by atoms with Gasteiger partial charge in [-0.3, -0.25) is 0 Å². The van der Waals surface area contributed by atoms with Crippen molar-refractivity contribution in [1.82, 2.24) is 4.90 Å². The van der Waals surface area contributed by atoms with Gasteiger partial charge in [-0.15, -0.1) is 0 Å². The van der Waals surface area contributed by atoms with Crippen molar-refractivity contribution in [3.05, 3.63) is 59.7 Å². The molecule has 0 aliphatic carbocycles. The van der Waals surface area contributed by atoms with Crippen LogP contribution in [0.1, 0.15) is 24.0 Å². The maximum absolute atomic E-state index is 9.76. The maximum atomic E-state index is 9.76. The average molecular weight is 355 g/mol. The Bertz CT molecular complexity index is 703. The van der Waals surface area contributed by atoms with Crippen molar-refractivity contribution in [3.8, 4) is 11.5 Å². The number of aliphatic hydroxyl groups is 1. The number of aryl methyl sites for hydroxylation is 2. The molecule has 1 aliphatic rings. The predicted molar refractivity (Wildman–Crippen MR) is 104 cm³/mol. The molecule has 140 valence electrons. The molecule has 0 radical (unpaired) electrons. The third-order valence-corrected chi connectivity index (χ3v) is 5.20. The van der Waals surface area contributed by atoms with E-state index in [9.17, 15) is 5.11 Å². The van der Waals surface area contributed by atoms with Gasteiger partial charge < -0.3 is 19.5 Å². The Kier molecular flexibility index (Phi) is 6.53. The van der Waals surface area contributed by atoms with Crippen LogP contribution in [-0.4, -0.2) is 49.5 Å². The molecule has 4 heteroatoms. The first-order chi connectivity index (χ1) is 12.7. The summed E-state index contributed by atoms with van der Waals surface area (Å²) in [6.07, 6.45) is 3.42. The summed E-state index contributed by atoms with van der Waals surface area (Å²) in [7, 11) is 3.79. The van der Waals surface area contributed by atoms with Crippen molar-refractivity contribution < 1.29 is 14.6 Å². The summed E-state index contributed by atoms with van der Waals surface area (Å²) >= 11 is 0. The molecule has 0 bridgehead atoms. The van der Waals surface area contributed by atoms with Gasteiger partial charge in [-0.2, -0.15) is 0 Å². The van der Waals surface area contributed by atoms with E-state index >= 15 is 0 Å². The maximum Gasteiger partial charge on any atom is 0.122 e. The molecular formula is C22H29NO3. The summed E-state index contributed by atoms with van der Waals surface area (Å²) in [5.74, 6) is 1.90. The number of hydrogen-bond acceptors (Lipinski definition) is 4. The highest BCUT2D eigenvalue weighted by Crippen LogP contribution is 2.25. The van der Waals surface area contributed by atoms with Crippen LogP contribution in [0.3, 0.4) is 0 Å². The summed E-state index contributed by atoms with van der Waals surface area (Å²) in [6, 6.07) is 16.8. The summed E-state index contributed by atoms with van der Waals surface area (Å²) in [6.45, 7) is 1.44. The minimum atomic E-state index is -0.196. The SMILES string of the molecule is COc1ccccc1CCc1ccccc1OCC[C@@H]1C[C@@H](O)CN1C. The van der Waals surface area contributed by atoms with Crippen molar-refractivity contribution in [2.45, 2.75) is 37.8 Å². The third-order valence-electron chi connectivity index (χ3n) is 5.20. The molecule has 1 heterocycles. The number of para-hydroxylation sites is 2. The average Bonchev–Trinajstić information content (AvgIpc) is 2.98. The van der Waals surface area contributed by atoms with Crippen LogP contribution >= 0.6 is 0 Å². The molecule has 2 atom stereocenters. The predicted octanol–water partition coefficient (Wildman–Crippen LogP) is 3.31. The minimum Gasteiger partial charge on any atom is -0.496 e. The van der Waals surface area contributed by atoms with Crippen LogP contribution in [0.15, 0.2) is 48.5 Å². The Balaban J connectivity index is 1.56. The van der Waals surface area contributed by atoms with Gasteiger partial charge in [0.05, 0.1) is 19.8 Å². The number of aliphatic hydroxyl groups excluding tert-OH is 1. The monoisotopic (exact) mass is 355 g/mol. The zero-order valence-electron chi connectivity index (χ0n) is 15.7. The van der Waals surface area contributed by atoms with Crippen LogP contribution in [0.4, 0.5) is 0 Å². The molecule has 1 aliphatic heterocycles. The van der Waals surface area contributed by atoms with E-state index in [-0.39, 0.29) is 6.10 Å². The molecule has 0 amide bonds. The summed E-state index contributed by atoms with van der Waals surface area (Å²) in [5, 5.41) is 9.76. The molecule has 2 aromatic rings. The van der Waals surface area contributed by atoms with Crippen LogP contribution in [-0.2, 0) is 12.8 Å². The Morgan fingerprint density at radius 2 is 1.62 bits per heavy atom. The van der Waals surface area contributed by atoms with Crippen molar-refractivity contribution in [2.24, 2.45) is 0 Å². The molecule has 3 rings (SSSR count). The largest absolute Gasteiger partial charge is 0.496 e. The first-order valence-corrected chi connectivity index (χ1v) is 9.38. The van der Waals surface area contributed by atoms with Gasteiger partial charge in [0.1, 0.15) is 11.5 Å². The smallest absolute Gasteiger partial charge is 0.122 e. The Labute approximate surface area is 156 Å². The molecular weight excluding hydrogens is 326 g/mol. The minimum absolute atomic E-state index is 0.196. The highest BCUT2D eigenvalue weighted by molar-refractivity contribution is 5.37. The van der Waals surface area contributed by atoms with Gasteiger partial charge in [0.25, 0.3) is 0 Å². The van der Waals surface area contributed by atoms with Crippen molar-refractivity contribution in [1.29, 1.82) is 0 Å². The number of methoxy groups -OCH3 is 1. The standard InChI is InChI=1S/C22H29NO3/c1-23-16-20(24)15-19(23)13-14-26-22-10-6-4-8-18(22)12-11-17-7-3-5-9-21(17)25-2/h3-10,19-20,24H,11-16H2,1-2H3/t19-,20-/m1/s1. The summed E-state index contributed by atoms with van der Waals surface area (Å²) in [4.78, 5) is 2.22. The number of ether oxygens (including phenoxy) is 2. The third kappa shape index (κ3) is 4.77. The number of likely N-dealkylation sites (N-methyl/N-ethyl adjacent to an activating group) is 1. The van der Waals surface area contributed by atoms with Crippen LogP contribution < -0.4 is 9.47 Å². The fourth-order valence-electron chi connectivity index (χ4n) is 3.72.